The van der Waals surface area contributed by atoms with Crippen LogP contribution in [-0.2, 0) is 26.2 Å². The number of carbonyl (C=O) groups is 2. The minimum atomic E-state index is -4.38. The fourth-order valence-electron chi connectivity index (χ4n) is 3.85. The van der Waals surface area contributed by atoms with Gasteiger partial charge in [-0.2, -0.15) is 0 Å². The number of halogens is 3. The summed E-state index contributed by atoms with van der Waals surface area (Å²) < 4.78 is 43.1. The minimum Gasteiger partial charge on any atom is -0.352 e. The second-order valence-corrected chi connectivity index (χ2v) is 12.0. The molecule has 0 spiro atoms. The van der Waals surface area contributed by atoms with Crippen molar-refractivity contribution in [2.24, 2.45) is 0 Å². The molecular weight excluding hydrogens is 564 g/mol. The molecule has 2 amide bonds. The summed E-state index contributed by atoms with van der Waals surface area (Å²) in [4.78, 5) is 27.9. The summed E-state index contributed by atoms with van der Waals surface area (Å²) in [7, 11) is -4.38. The lowest BCUT2D eigenvalue weighted by Crippen LogP contribution is -2.52. The maximum Gasteiger partial charge on any atom is 0.264 e. The molecule has 7 nitrogen and oxygen atoms in total. The number of carbonyl (C=O) groups excluding carboxylic acids is 2. The average molecular weight is 595 g/mol. The van der Waals surface area contributed by atoms with E-state index in [1.807, 2.05) is 0 Å². The lowest BCUT2D eigenvalue weighted by atomic mass is 10.1. The molecule has 0 aliphatic carbocycles. The van der Waals surface area contributed by atoms with Crippen LogP contribution < -0.4 is 9.62 Å². The molecule has 0 heterocycles. The summed E-state index contributed by atoms with van der Waals surface area (Å²) in [6, 6.07) is 14.9. The first kappa shape index (κ1) is 30.4. The van der Waals surface area contributed by atoms with E-state index in [9.17, 15) is 22.4 Å². The standard InChI is InChI=1S/C28H30Cl2FN3O4S/c1-18(2)32-28(36)20(4)33(16-22-23(29)8-7-9-24(22)30)27(35)17-34(26-11-6-5-10-25(26)31)39(37,38)21-14-12-19(3)13-15-21/h5-15,18,20H,16-17H2,1-4H3,(H,32,36). The zero-order valence-electron chi connectivity index (χ0n) is 22.0. The average Bonchev–Trinajstić information content (AvgIpc) is 2.87. The number of benzene rings is 3. The van der Waals surface area contributed by atoms with E-state index < -0.39 is 40.2 Å². The number of nitrogens with one attached hydrogen (secondary N) is 1. The number of hydrogen-bond donors (Lipinski definition) is 1. The largest absolute Gasteiger partial charge is 0.352 e. The summed E-state index contributed by atoms with van der Waals surface area (Å²) in [5.41, 5.74) is 0.911. The molecule has 0 saturated carbocycles. The van der Waals surface area contributed by atoms with Crippen molar-refractivity contribution in [3.05, 3.63) is 93.7 Å². The van der Waals surface area contributed by atoms with Crippen molar-refractivity contribution >= 4 is 50.7 Å². The van der Waals surface area contributed by atoms with E-state index >= 15 is 0 Å². The molecule has 3 rings (SSSR count). The Labute approximate surface area is 238 Å². The van der Waals surface area contributed by atoms with E-state index in [0.29, 0.717) is 9.87 Å². The minimum absolute atomic E-state index is 0.115. The van der Waals surface area contributed by atoms with E-state index in [1.54, 1.807) is 51.1 Å². The highest BCUT2D eigenvalue weighted by molar-refractivity contribution is 7.92. The van der Waals surface area contributed by atoms with Crippen LogP contribution in [0.5, 0.6) is 0 Å². The van der Waals surface area contributed by atoms with Crippen molar-refractivity contribution in [1.82, 2.24) is 10.2 Å². The van der Waals surface area contributed by atoms with Crippen molar-refractivity contribution in [2.45, 2.75) is 51.2 Å². The van der Waals surface area contributed by atoms with Gasteiger partial charge in [0.1, 0.15) is 18.4 Å². The summed E-state index contributed by atoms with van der Waals surface area (Å²) in [5, 5.41) is 3.30. The van der Waals surface area contributed by atoms with Gasteiger partial charge in [-0.3, -0.25) is 13.9 Å². The fourth-order valence-corrected chi connectivity index (χ4v) is 5.79. The molecule has 0 saturated heterocycles. The van der Waals surface area contributed by atoms with E-state index in [4.69, 9.17) is 23.2 Å². The van der Waals surface area contributed by atoms with Gasteiger partial charge in [0.25, 0.3) is 10.0 Å². The normalized spacial score (nSPS) is 12.2. The summed E-state index contributed by atoms with van der Waals surface area (Å²) >= 11 is 12.7. The van der Waals surface area contributed by atoms with Crippen LogP contribution >= 0.6 is 23.2 Å². The van der Waals surface area contributed by atoms with E-state index in [2.05, 4.69) is 5.32 Å². The molecule has 1 N–H and O–H groups in total. The Hall–Kier alpha value is -3.14. The Kier molecular flexibility index (Phi) is 9.98. The van der Waals surface area contributed by atoms with Crippen molar-refractivity contribution in [2.75, 3.05) is 10.8 Å². The Bertz CT molecular complexity index is 1430. The molecule has 11 heteroatoms. The van der Waals surface area contributed by atoms with Crippen molar-refractivity contribution in [3.63, 3.8) is 0 Å². The lowest BCUT2D eigenvalue weighted by molar-refractivity contribution is -0.139. The summed E-state index contributed by atoms with van der Waals surface area (Å²) in [6.45, 7) is 5.90. The molecule has 0 aliphatic rings. The Balaban J connectivity index is 2.08. The molecule has 39 heavy (non-hydrogen) atoms. The van der Waals surface area contributed by atoms with Crippen LogP contribution in [0.15, 0.2) is 71.6 Å². The second-order valence-electron chi connectivity index (χ2n) is 9.34. The number of aryl methyl sites for hydroxylation is 1. The third-order valence-electron chi connectivity index (χ3n) is 6.00. The van der Waals surface area contributed by atoms with Crippen molar-refractivity contribution < 1.29 is 22.4 Å². The number of anilines is 1. The Morgan fingerprint density at radius 1 is 0.923 bits per heavy atom. The highest BCUT2D eigenvalue weighted by atomic mass is 35.5. The molecule has 1 unspecified atom stereocenters. The summed E-state index contributed by atoms with van der Waals surface area (Å²) in [6.07, 6.45) is 0. The highest BCUT2D eigenvalue weighted by Crippen LogP contribution is 2.29. The molecule has 1 atom stereocenters. The van der Waals surface area contributed by atoms with Gasteiger partial charge in [-0.15, -0.1) is 0 Å². The molecule has 0 aliphatic heterocycles. The maximum atomic E-state index is 15.0. The van der Waals surface area contributed by atoms with Crippen molar-refractivity contribution in [3.8, 4) is 0 Å². The first-order valence-electron chi connectivity index (χ1n) is 12.2. The van der Waals surface area contributed by atoms with Crippen LogP contribution in [0.1, 0.15) is 31.9 Å². The molecule has 0 bridgehead atoms. The third-order valence-corrected chi connectivity index (χ3v) is 8.48. The van der Waals surface area contributed by atoms with Crippen LogP contribution in [0.2, 0.25) is 10.0 Å². The molecule has 3 aromatic rings. The van der Waals surface area contributed by atoms with Crippen LogP contribution in [0, 0.1) is 12.7 Å². The van der Waals surface area contributed by atoms with Crippen LogP contribution in [0.25, 0.3) is 0 Å². The van der Waals surface area contributed by atoms with Crippen LogP contribution in [0.3, 0.4) is 0 Å². The smallest absolute Gasteiger partial charge is 0.264 e. The number of nitrogens with zero attached hydrogens (tertiary/aromatic N) is 2. The number of para-hydroxylation sites is 1. The molecule has 0 fully saturated rings. The molecule has 3 aromatic carbocycles. The third kappa shape index (κ3) is 7.29. The predicted molar refractivity (Wildman–Crippen MR) is 152 cm³/mol. The predicted octanol–water partition coefficient (Wildman–Crippen LogP) is 5.58. The van der Waals surface area contributed by atoms with Crippen LogP contribution in [0.4, 0.5) is 10.1 Å². The molecule has 208 valence electrons. The van der Waals surface area contributed by atoms with E-state index in [0.717, 1.165) is 11.6 Å². The zero-order valence-corrected chi connectivity index (χ0v) is 24.3. The maximum absolute atomic E-state index is 15.0. The number of rotatable bonds is 10. The monoisotopic (exact) mass is 593 g/mol. The van der Waals surface area contributed by atoms with Gasteiger partial charge < -0.3 is 10.2 Å². The SMILES string of the molecule is Cc1ccc(S(=O)(=O)N(CC(=O)N(Cc2c(Cl)cccc2Cl)C(C)C(=O)NC(C)C)c2ccccc2F)cc1. The quantitative estimate of drug-likeness (QED) is 0.332. The molecular formula is C28H30Cl2FN3O4S. The number of amides is 2. The number of hydrogen-bond acceptors (Lipinski definition) is 4. The van der Waals surface area contributed by atoms with Gasteiger partial charge in [0.05, 0.1) is 10.6 Å². The topological polar surface area (TPSA) is 86.8 Å². The lowest BCUT2D eigenvalue weighted by Gasteiger charge is -2.32. The second kappa shape index (κ2) is 12.8. The highest BCUT2D eigenvalue weighted by Gasteiger charge is 2.34. The van der Waals surface area contributed by atoms with Gasteiger partial charge >= 0.3 is 0 Å². The summed E-state index contributed by atoms with van der Waals surface area (Å²) in [5.74, 6) is -2.04. The van der Waals surface area contributed by atoms with Gasteiger partial charge in [0.15, 0.2) is 0 Å². The Morgan fingerprint density at radius 3 is 2.08 bits per heavy atom. The number of sulfonamides is 1. The van der Waals surface area contributed by atoms with Gasteiger partial charge in [-0.05, 0) is 64.1 Å². The van der Waals surface area contributed by atoms with Gasteiger partial charge in [0.2, 0.25) is 11.8 Å². The van der Waals surface area contributed by atoms with E-state index in [1.165, 1.54) is 42.2 Å². The zero-order chi connectivity index (χ0) is 28.9. The first-order chi connectivity index (χ1) is 18.3. The van der Waals surface area contributed by atoms with Gasteiger partial charge in [-0.1, -0.05) is 59.1 Å². The Morgan fingerprint density at radius 2 is 1.51 bits per heavy atom. The molecule has 0 radical (unpaired) electrons. The van der Waals surface area contributed by atoms with E-state index in [-0.39, 0.29) is 33.2 Å². The van der Waals surface area contributed by atoms with Gasteiger partial charge in [0, 0.05) is 28.2 Å². The van der Waals surface area contributed by atoms with Gasteiger partial charge in [-0.25, -0.2) is 12.8 Å². The molecule has 0 aromatic heterocycles. The van der Waals surface area contributed by atoms with Crippen LogP contribution in [-0.4, -0.2) is 43.8 Å². The first-order valence-corrected chi connectivity index (χ1v) is 14.4. The van der Waals surface area contributed by atoms with Crippen molar-refractivity contribution in [1.29, 1.82) is 0 Å². The fraction of sp³-hybridized carbons (Fsp3) is 0.286.